The maximum absolute atomic E-state index is 13.5. The van der Waals surface area contributed by atoms with Gasteiger partial charge in [0.1, 0.15) is 24.2 Å². The fourth-order valence-corrected chi connectivity index (χ4v) is 6.19. The summed E-state index contributed by atoms with van der Waals surface area (Å²) in [5.41, 5.74) is 1.95. The number of hydrogen-bond acceptors (Lipinski definition) is 6. The van der Waals surface area contributed by atoms with Gasteiger partial charge in [-0.1, -0.05) is 37.6 Å². The zero-order valence-electron chi connectivity index (χ0n) is 20.9. The maximum atomic E-state index is 13.5. The Balaban J connectivity index is 1.29. The zero-order valence-corrected chi connectivity index (χ0v) is 21.7. The molecule has 1 atom stereocenters. The van der Waals surface area contributed by atoms with E-state index < -0.39 is 16.1 Å². The molecular weight excluding hydrogens is 490 g/mol. The summed E-state index contributed by atoms with van der Waals surface area (Å²) in [5.74, 6) is 1.29. The van der Waals surface area contributed by atoms with Crippen molar-refractivity contribution < 1.29 is 23.0 Å². The van der Waals surface area contributed by atoms with Crippen molar-refractivity contribution in [1.82, 2.24) is 14.6 Å². The van der Waals surface area contributed by atoms with E-state index in [0.717, 1.165) is 34.6 Å². The number of benzene rings is 3. The van der Waals surface area contributed by atoms with Crippen LogP contribution in [0.25, 0.3) is 21.8 Å². The van der Waals surface area contributed by atoms with Gasteiger partial charge in [-0.2, -0.15) is 4.31 Å². The lowest BCUT2D eigenvalue weighted by molar-refractivity contribution is 0.0751. The van der Waals surface area contributed by atoms with E-state index in [0.29, 0.717) is 31.2 Å². The molecule has 3 aromatic carbocycles. The smallest absolute Gasteiger partial charge is 0.243 e. The highest BCUT2D eigenvalue weighted by molar-refractivity contribution is 7.89. The van der Waals surface area contributed by atoms with Gasteiger partial charge >= 0.3 is 0 Å². The van der Waals surface area contributed by atoms with Crippen molar-refractivity contribution in [1.29, 1.82) is 0 Å². The third-order valence-electron chi connectivity index (χ3n) is 6.68. The van der Waals surface area contributed by atoms with E-state index in [-0.39, 0.29) is 24.1 Å². The molecule has 0 aliphatic carbocycles. The number of aliphatic hydroxyl groups excluding tert-OH is 1. The second-order valence-corrected chi connectivity index (χ2v) is 11.3. The minimum atomic E-state index is -3.82. The van der Waals surface area contributed by atoms with Gasteiger partial charge in [0, 0.05) is 35.9 Å². The summed E-state index contributed by atoms with van der Waals surface area (Å²) in [4.78, 5) is 3.56. The second kappa shape index (κ2) is 11.1. The number of para-hydroxylation sites is 1. The van der Waals surface area contributed by atoms with Crippen LogP contribution < -0.4 is 14.8 Å². The van der Waals surface area contributed by atoms with Crippen LogP contribution in [-0.2, 0) is 10.0 Å². The molecule has 0 amide bonds. The monoisotopic (exact) mass is 523 g/mol. The molecule has 0 saturated carbocycles. The first-order valence-corrected chi connectivity index (χ1v) is 14.2. The van der Waals surface area contributed by atoms with Gasteiger partial charge in [-0.05, 0) is 48.9 Å². The minimum Gasteiger partial charge on any atom is -0.494 e. The Morgan fingerprint density at radius 2 is 1.76 bits per heavy atom. The Bertz CT molecular complexity index is 1450. The molecule has 1 aromatic heterocycles. The minimum absolute atomic E-state index is 0.0327. The molecule has 0 spiro atoms. The molecule has 0 bridgehead atoms. The van der Waals surface area contributed by atoms with Crippen molar-refractivity contribution in [2.45, 2.75) is 36.8 Å². The van der Waals surface area contributed by atoms with Crippen LogP contribution in [-0.4, -0.2) is 67.8 Å². The van der Waals surface area contributed by atoms with Crippen LogP contribution in [0.4, 0.5) is 0 Å². The van der Waals surface area contributed by atoms with E-state index in [4.69, 9.17) is 9.47 Å². The number of rotatable bonds is 12. The van der Waals surface area contributed by atoms with E-state index in [1.807, 2.05) is 42.5 Å². The van der Waals surface area contributed by atoms with Crippen LogP contribution in [0.15, 0.2) is 71.6 Å². The van der Waals surface area contributed by atoms with E-state index in [1.165, 1.54) is 4.31 Å². The highest BCUT2D eigenvalue weighted by Crippen LogP contribution is 2.33. The molecule has 8 nitrogen and oxygen atoms in total. The highest BCUT2D eigenvalue weighted by Gasteiger charge is 2.36. The second-order valence-electron chi connectivity index (χ2n) is 9.37. The van der Waals surface area contributed by atoms with Crippen molar-refractivity contribution in [2.24, 2.45) is 0 Å². The Morgan fingerprint density at radius 1 is 1.00 bits per heavy atom. The molecule has 196 valence electrons. The summed E-state index contributed by atoms with van der Waals surface area (Å²) in [5, 5.41) is 16.0. The molecule has 1 aliphatic heterocycles. The Labute approximate surface area is 217 Å². The fourth-order valence-electron chi connectivity index (χ4n) is 4.53. The van der Waals surface area contributed by atoms with Crippen molar-refractivity contribution in [3.8, 4) is 11.5 Å². The first-order valence-electron chi connectivity index (χ1n) is 12.7. The molecular formula is C28H33N3O5S. The lowest BCUT2D eigenvalue weighted by atomic mass is 10.1. The predicted octanol–water partition coefficient (Wildman–Crippen LogP) is 3.90. The number of aromatic nitrogens is 1. The van der Waals surface area contributed by atoms with Gasteiger partial charge in [0.2, 0.25) is 10.0 Å². The molecule has 0 radical (unpaired) electrons. The first-order chi connectivity index (χ1) is 18.0. The molecule has 1 unspecified atom stereocenters. The van der Waals surface area contributed by atoms with E-state index in [2.05, 4.69) is 17.2 Å². The number of nitrogens with zero attached hydrogens (tertiary/aromatic N) is 1. The number of fused-ring (bicyclic) bond motifs is 3. The molecule has 37 heavy (non-hydrogen) atoms. The van der Waals surface area contributed by atoms with Crippen LogP contribution in [0, 0.1) is 0 Å². The van der Waals surface area contributed by atoms with Crippen molar-refractivity contribution in [2.75, 3.05) is 32.8 Å². The number of ether oxygens (including phenoxy) is 2. The van der Waals surface area contributed by atoms with Crippen molar-refractivity contribution >= 4 is 31.8 Å². The third kappa shape index (κ3) is 5.45. The Morgan fingerprint density at radius 3 is 2.49 bits per heavy atom. The number of hydrogen-bond donors (Lipinski definition) is 3. The van der Waals surface area contributed by atoms with Crippen LogP contribution in [0.3, 0.4) is 0 Å². The molecule has 3 N–H and O–H groups in total. The highest BCUT2D eigenvalue weighted by atomic mass is 32.2. The third-order valence-corrected chi connectivity index (χ3v) is 8.61. The molecule has 9 heteroatoms. The number of aromatic amines is 1. The van der Waals surface area contributed by atoms with Crippen molar-refractivity contribution in [3.05, 3.63) is 66.7 Å². The lowest BCUT2D eigenvalue weighted by Crippen LogP contribution is -2.60. The van der Waals surface area contributed by atoms with Crippen LogP contribution in [0.5, 0.6) is 11.5 Å². The van der Waals surface area contributed by atoms with Crippen LogP contribution in [0.2, 0.25) is 0 Å². The van der Waals surface area contributed by atoms with Gasteiger partial charge in [-0.3, -0.25) is 0 Å². The number of nitrogens with one attached hydrogen (secondary N) is 2. The van der Waals surface area contributed by atoms with Gasteiger partial charge in [-0.15, -0.1) is 0 Å². The SMILES string of the molecule is CCCCOc1ccc(S(=O)(=O)N(CC(O)COc2cccc3[nH]c4ccccc4c23)C2CNC2)cc1. The quantitative estimate of drug-likeness (QED) is 0.243. The molecule has 1 aliphatic rings. The number of unbranched alkanes of at least 4 members (excludes halogenated alkanes) is 1. The Kier molecular flexibility index (Phi) is 7.66. The van der Waals surface area contributed by atoms with Crippen LogP contribution in [0.1, 0.15) is 19.8 Å². The van der Waals surface area contributed by atoms with Gasteiger partial charge in [0.15, 0.2) is 0 Å². The maximum Gasteiger partial charge on any atom is 0.243 e. The number of sulfonamides is 1. The summed E-state index contributed by atoms with van der Waals surface area (Å²) in [6, 6.07) is 20.0. The molecule has 1 saturated heterocycles. The summed E-state index contributed by atoms with van der Waals surface area (Å²) in [6.07, 6.45) is 0.962. The number of aliphatic hydroxyl groups is 1. The predicted molar refractivity (Wildman–Crippen MR) is 145 cm³/mol. The van der Waals surface area contributed by atoms with Gasteiger partial charge < -0.3 is 24.9 Å². The van der Waals surface area contributed by atoms with E-state index >= 15 is 0 Å². The van der Waals surface area contributed by atoms with E-state index in [9.17, 15) is 13.5 Å². The molecule has 4 aromatic rings. The average Bonchev–Trinajstić information content (AvgIpc) is 3.26. The van der Waals surface area contributed by atoms with Gasteiger partial charge in [0.05, 0.1) is 23.1 Å². The summed E-state index contributed by atoms with van der Waals surface area (Å²) < 4.78 is 40.2. The standard InChI is InChI=1S/C28H33N3O5S/c1-2-3-15-35-22-11-13-23(14-12-22)37(33,34)31(20-16-29-17-20)18-21(32)19-36-27-10-6-9-26-28(27)24-7-4-5-8-25(24)30-26/h4-14,20-21,29-30,32H,2-3,15-19H2,1H3. The van der Waals surface area contributed by atoms with Crippen LogP contribution >= 0.6 is 0 Å². The van der Waals surface area contributed by atoms with Crippen molar-refractivity contribution in [3.63, 3.8) is 0 Å². The van der Waals surface area contributed by atoms with E-state index in [1.54, 1.807) is 24.3 Å². The average molecular weight is 524 g/mol. The summed E-state index contributed by atoms with van der Waals surface area (Å²) in [6.45, 7) is 3.67. The normalized spacial score (nSPS) is 15.2. The topological polar surface area (TPSA) is 104 Å². The molecule has 2 heterocycles. The summed E-state index contributed by atoms with van der Waals surface area (Å²) in [7, 11) is -3.82. The number of H-pyrrole nitrogens is 1. The largest absolute Gasteiger partial charge is 0.494 e. The molecule has 5 rings (SSSR count). The van der Waals surface area contributed by atoms with Gasteiger partial charge in [-0.25, -0.2) is 8.42 Å². The fraction of sp³-hybridized carbons (Fsp3) is 0.357. The van der Waals surface area contributed by atoms with Gasteiger partial charge in [0.25, 0.3) is 0 Å². The molecule has 1 fully saturated rings. The Hall–Kier alpha value is -3.11. The summed E-state index contributed by atoms with van der Waals surface area (Å²) >= 11 is 0. The first kappa shape index (κ1) is 25.5. The zero-order chi connectivity index (χ0) is 25.8. The lowest BCUT2D eigenvalue weighted by Gasteiger charge is -2.38.